The fraction of sp³-hybridized carbons (Fsp3) is 0.833. The van der Waals surface area contributed by atoms with Crippen LogP contribution in [0.4, 0.5) is 0 Å². The van der Waals surface area contributed by atoms with Gasteiger partial charge in [-0.3, -0.25) is 9.59 Å². The molecule has 1 aliphatic rings. The third-order valence-corrected chi connectivity index (χ3v) is 3.46. The maximum Gasteiger partial charge on any atom is 0.303 e. The normalized spacial score (nSPS) is 24.2. The van der Waals surface area contributed by atoms with Crippen molar-refractivity contribution < 1.29 is 14.7 Å². The molecule has 1 heterocycles. The molecule has 5 heteroatoms. The molecule has 3 atom stereocenters. The zero-order valence-corrected chi connectivity index (χ0v) is 10.6. The first-order chi connectivity index (χ1) is 7.91. The Hall–Kier alpha value is -1.10. The zero-order chi connectivity index (χ0) is 13.0. The van der Waals surface area contributed by atoms with Gasteiger partial charge in [-0.05, 0) is 31.6 Å². The first kappa shape index (κ1) is 14.0. The maximum absolute atomic E-state index is 11.8. The van der Waals surface area contributed by atoms with E-state index >= 15 is 0 Å². The number of hydrogen-bond donors (Lipinski definition) is 2. The van der Waals surface area contributed by atoms with Crippen molar-refractivity contribution in [3.05, 3.63) is 0 Å². The van der Waals surface area contributed by atoms with Crippen LogP contribution >= 0.6 is 0 Å². The van der Waals surface area contributed by atoms with E-state index in [1.165, 1.54) is 0 Å². The lowest BCUT2D eigenvalue weighted by atomic mass is 9.84. The highest BCUT2D eigenvalue weighted by atomic mass is 16.4. The monoisotopic (exact) mass is 242 g/mol. The SMILES string of the molecule is CC(CC(=O)O)C1CCCN(C(=O)[C@@H](C)N)C1. The van der Waals surface area contributed by atoms with Crippen molar-refractivity contribution in [2.24, 2.45) is 17.6 Å². The third-order valence-electron chi connectivity index (χ3n) is 3.46. The molecule has 2 unspecified atom stereocenters. The molecule has 98 valence electrons. The van der Waals surface area contributed by atoms with Gasteiger partial charge in [0.15, 0.2) is 0 Å². The molecule has 0 spiro atoms. The van der Waals surface area contributed by atoms with E-state index in [-0.39, 0.29) is 24.2 Å². The molecule has 1 amide bonds. The molecule has 0 saturated carbocycles. The maximum atomic E-state index is 11.8. The Morgan fingerprint density at radius 1 is 1.47 bits per heavy atom. The van der Waals surface area contributed by atoms with Gasteiger partial charge in [0.05, 0.1) is 6.04 Å². The lowest BCUT2D eigenvalue weighted by molar-refractivity contribution is -0.138. The molecular weight excluding hydrogens is 220 g/mol. The zero-order valence-electron chi connectivity index (χ0n) is 10.6. The predicted molar refractivity (Wildman–Crippen MR) is 64.4 cm³/mol. The molecule has 1 fully saturated rings. The van der Waals surface area contributed by atoms with E-state index in [2.05, 4.69) is 0 Å². The Balaban J connectivity index is 2.54. The molecule has 0 bridgehead atoms. The molecule has 0 aliphatic carbocycles. The first-order valence-corrected chi connectivity index (χ1v) is 6.18. The average Bonchev–Trinajstić information content (AvgIpc) is 2.27. The Labute approximate surface area is 102 Å². The van der Waals surface area contributed by atoms with Crippen LogP contribution < -0.4 is 5.73 Å². The van der Waals surface area contributed by atoms with Crippen LogP contribution in [-0.4, -0.2) is 41.0 Å². The largest absolute Gasteiger partial charge is 0.481 e. The highest BCUT2D eigenvalue weighted by Crippen LogP contribution is 2.26. The predicted octanol–water partition coefficient (Wildman–Crippen LogP) is 0.683. The van der Waals surface area contributed by atoms with Crippen molar-refractivity contribution >= 4 is 11.9 Å². The van der Waals surface area contributed by atoms with Crippen LogP contribution in [0.1, 0.15) is 33.1 Å². The summed E-state index contributed by atoms with van der Waals surface area (Å²) in [4.78, 5) is 24.2. The van der Waals surface area contributed by atoms with Crippen LogP contribution in [0.2, 0.25) is 0 Å². The Morgan fingerprint density at radius 3 is 2.65 bits per heavy atom. The molecule has 1 aliphatic heterocycles. The van der Waals surface area contributed by atoms with Gasteiger partial charge in [-0.25, -0.2) is 0 Å². The highest BCUT2D eigenvalue weighted by molar-refractivity contribution is 5.81. The van der Waals surface area contributed by atoms with E-state index < -0.39 is 12.0 Å². The van der Waals surface area contributed by atoms with Crippen LogP contribution in [0.15, 0.2) is 0 Å². The van der Waals surface area contributed by atoms with Gasteiger partial charge in [-0.1, -0.05) is 6.92 Å². The minimum absolute atomic E-state index is 0.0303. The summed E-state index contributed by atoms with van der Waals surface area (Å²) >= 11 is 0. The number of hydrogen-bond acceptors (Lipinski definition) is 3. The number of rotatable bonds is 4. The summed E-state index contributed by atoms with van der Waals surface area (Å²) in [6.07, 6.45) is 2.11. The van der Waals surface area contributed by atoms with Gasteiger partial charge in [0, 0.05) is 19.5 Å². The fourth-order valence-electron chi connectivity index (χ4n) is 2.40. The van der Waals surface area contributed by atoms with E-state index in [4.69, 9.17) is 10.8 Å². The summed E-state index contributed by atoms with van der Waals surface area (Å²) in [6.45, 7) is 5.02. The number of carbonyl (C=O) groups is 2. The van der Waals surface area contributed by atoms with Gasteiger partial charge in [0.25, 0.3) is 0 Å². The van der Waals surface area contributed by atoms with Gasteiger partial charge < -0.3 is 15.7 Å². The topological polar surface area (TPSA) is 83.6 Å². The number of piperidine rings is 1. The molecule has 1 rings (SSSR count). The molecule has 0 aromatic heterocycles. The van der Waals surface area contributed by atoms with Gasteiger partial charge >= 0.3 is 5.97 Å². The average molecular weight is 242 g/mol. The summed E-state index contributed by atoms with van der Waals surface area (Å²) in [5.41, 5.74) is 5.58. The summed E-state index contributed by atoms with van der Waals surface area (Å²) in [5.74, 6) is -0.413. The number of carboxylic acids is 1. The van der Waals surface area contributed by atoms with E-state index in [0.717, 1.165) is 19.4 Å². The summed E-state index contributed by atoms with van der Waals surface area (Å²) in [6, 6.07) is -0.469. The van der Waals surface area contributed by atoms with E-state index in [1.54, 1.807) is 11.8 Å². The Kier molecular flexibility index (Phi) is 4.93. The van der Waals surface area contributed by atoms with Crippen molar-refractivity contribution in [2.75, 3.05) is 13.1 Å². The summed E-state index contributed by atoms with van der Waals surface area (Å²) in [7, 11) is 0. The molecule has 1 saturated heterocycles. The minimum atomic E-state index is -0.770. The van der Waals surface area contributed by atoms with Crippen molar-refractivity contribution in [2.45, 2.75) is 39.2 Å². The number of likely N-dealkylation sites (tertiary alicyclic amines) is 1. The van der Waals surface area contributed by atoms with Gasteiger partial charge in [-0.2, -0.15) is 0 Å². The second-order valence-corrected chi connectivity index (χ2v) is 5.05. The molecule has 17 heavy (non-hydrogen) atoms. The lowest BCUT2D eigenvalue weighted by Gasteiger charge is -2.36. The van der Waals surface area contributed by atoms with Crippen molar-refractivity contribution in [1.82, 2.24) is 4.90 Å². The van der Waals surface area contributed by atoms with Crippen LogP contribution in [0, 0.1) is 11.8 Å². The number of amides is 1. The second kappa shape index (κ2) is 6.00. The van der Waals surface area contributed by atoms with Crippen LogP contribution in [0.3, 0.4) is 0 Å². The van der Waals surface area contributed by atoms with Crippen molar-refractivity contribution in [3.8, 4) is 0 Å². The van der Waals surface area contributed by atoms with E-state index in [0.29, 0.717) is 6.54 Å². The minimum Gasteiger partial charge on any atom is -0.481 e. The lowest BCUT2D eigenvalue weighted by Crippen LogP contribution is -2.47. The van der Waals surface area contributed by atoms with E-state index in [1.807, 2.05) is 6.92 Å². The standard InChI is InChI=1S/C12H22N2O3/c1-8(6-11(15)16)10-4-3-5-14(7-10)12(17)9(2)13/h8-10H,3-7,13H2,1-2H3,(H,15,16)/t8?,9-,10?/m1/s1. The molecule has 0 radical (unpaired) electrons. The molecule has 3 N–H and O–H groups in total. The number of carboxylic acid groups (broad SMARTS) is 1. The first-order valence-electron chi connectivity index (χ1n) is 6.18. The van der Waals surface area contributed by atoms with Crippen LogP contribution in [0.5, 0.6) is 0 Å². The number of carbonyl (C=O) groups excluding carboxylic acids is 1. The smallest absolute Gasteiger partial charge is 0.303 e. The Morgan fingerprint density at radius 2 is 2.12 bits per heavy atom. The fourth-order valence-corrected chi connectivity index (χ4v) is 2.40. The van der Waals surface area contributed by atoms with Gasteiger partial charge in [-0.15, -0.1) is 0 Å². The summed E-state index contributed by atoms with van der Waals surface area (Å²) < 4.78 is 0. The number of nitrogens with zero attached hydrogens (tertiary/aromatic N) is 1. The van der Waals surface area contributed by atoms with Gasteiger partial charge in [0.2, 0.25) is 5.91 Å². The van der Waals surface area contributed by atoms with Crippen LogP contribution in [-0.2, 0) is 9.59 Å². The van der Waals surface area contributed by atoms with Gasteiger partial charge in [0.1, 0.15) is 0 Å². The second-order valence-electron chi connectivity index (χ2n) is 5.05. The molecular formula is C12H22N2O3. The number of nitrogens with two attached hydrogens (primary N) is 1. The van der Waals surface area contributed by atoms with E-state index in [9.17, 15) is 9.59 Å². The van der Waals surface area contributed by atoms with Crippen LogP contribution in [0.25, 0.3) is 0 Å². The molecule has 0 aromatic carbocycles. The van der Waals surface area contributed by atoms with Crippen molar-refractivity contribution in [1.29, 1.82) is 0 Å². The third kappa shape index (κ3) is 4.00. The summed E-state index contributed by atoms with van der Waals surface area (Å²) in [5, 5.41) is 8.78. The molecule has 0 aromatic rings. The molecule has 5 nitrogen and oxygen atoms in total. The van der Waals surface area contributed by atoms with Crippen molar-refractivity contribution in [3.63, 3.8) is 0 Å². The quantitative estimate of drug-likeness (QED) is 0.759. The number of aliphatic carboxylic acids is 1. The highest BCUT2D eigenvalue weighted by Gasteiger charge is 2.29. The Bertz CT molecular complexity index is 291.